The maximum absolute atomic E-state index is 9.36. The van der Waals surface area contributed by atoms with Crippen molar-refractivity contribution in [1.29, 1.82) is 0 Å². The van der Waals surface area contributed by atoms with Crippen LogP contribution in [0.4, 0.5) is 0 Å². The largest absolute Gasteiger partial charge is 0.508 e. The minimum atomic E-state index is -0.0295. The Morgan fingerprint density at radius 1 is 1.00 bits per heavy atom. The van der Waals surface area contributed by atoms with Gasteiger partial charge in [0.05, 0.1) is 0 Å². The van der Waals surface area contributed by atoms with Gasteiger partial charge < -0.3 is 10.8 Å². The van der Waals surface area contributed by atoms with Gasteiger partial charge in [-0.15, -0.1) is 0 Å². The van der Waals surface area contributed by atoms with Crippen LogP contribution < -0.4 is 5.73 Å². The third-order valence-electron chi connectivity index (χ3n) is 3.93. The van der Waals surface area contributed by atoms with E-state index in [1.807, 2.05) is 18.2 Å². The average molecular weight is 255 g/mol. The second kappa shape index (κ2) is 5.89. The van der Waals surface area contributed by atoms with Gasteiger partial charge in [0.15, 0.2) is 0 Å². The van der Waals surface area contributed by atoms with Crippen LogP contribution in [-0.4, -0.2) is 11.7 Å². The van der Waals surface area contributed by atoms with Crippen LogP contribution in [0, 0.1) is 0 Å². The third kappa shape index (κ3) is 2.96. The van der Waals surface area contributed by atoms with Gasteiger partial charge in [0, 0.05) is 12.0 Å². The van der Waals surface area contributed by atoms with Gasteiger partial charge in [-0.25, -0.2) is 0 Å². The van der Waals surface area contributed by atoms with Gasteiger partial charge >= 0.3 is 0 Å². The highest BCUT2D eigenvalue weighted by Crippen LogP contribution is 2.31. The third-order valence-corrected chi connectivity index (χ3v) is 3.93. The molecule has 0 fully saturated rings. The summed E-state index contributed by atoms with van der Waals surface area (Å²) in [4.78, 5) is 0. The van der Waals surface area contributed by atoms with Crippen molar-refractivity contribution < 1.29 is 5.11 Å². The van der Waals surface area contributed by atoms with Crippen molar-refractivity contribution in [2.75, 3.05) is 6.54 Å². The fourth-order valence-electron chi connectivity index (χ4n) is 2.56. The number of hydrogen-bond donors (Lipinski definition) is 2. The molecule has 2 rings (SSSR count). The first kappa shape index (κ1) is 13.6. The highest BCUT2D eigenvalue weighted by atomic mass is 16.3. The number of phenolic OH excluding ortho intramolecular Hbond substituents is 1. The molecule has 0 saturated carbocycles. The number of hydrogen-bond acceptors (Lipinski definition) is 2. The summed E-state index contributed by atoms with van der Waals surface area (Å²) >= 11 is 0. The maximum Gasteiger partial charge on any atom is 0.115 e. The molecule has 100 valence electrons. The number of benzene rings is 2. The van der Waals surface area contributed by atoms with Crippen LogP contribution in [0.25, 0.3) is 0 Å². The molecule has 0 bridgehead atoms. The van der Waals surface area contributed by atoms with E-state index in [4.69, 9.17) is 5.73 Å². The van der Waals surface area contributed by atoms with Gasteiger partial charge in [0.2, 0.25) is 0 Å². The number of aromatic hydroxyl groups is 1. The quantitative estimate of drug-likeness (QED) is 0.861. The van der Waals surface area contributed by atoms with Crippen molar-refractivity contribution in [3.8, 4) is 5.75 Å². The summed E-state index contributed by atoms with van der Waals surface area (Å²) in [7, 11) is 0. The van der Waals surface area contributed by atoms with Gasteiger partial charge in [-0.2, -0.15) is 0 Å². The molecule has 0 aliphatic carbocycles. The average Bonchev–Trinajstić information content (AvgIpc) is 2.48. The van der Waals surface area contributed by atoms with E-state index < -0.39 is 0 Å². The fraction of sp³-hybridized carbons (Fsp3) is 0.294. The molecule has 1 unspecified atom stereocenters. The van der Waals surface area contributed by atoms with Gasteiger partial charge in [-0.05, 0) is 36.1 Å². The fourth-order valence-corrected chi connectivity index (χ4v) is 2.56. The lowest BCUT2D eigenvalue weighted by Gasteiger charge is -2.32. The number of nitrogens with two attached hydrogens (primary N) is 1. The SMILES string of the molecule is CCC(CN)(Cc1ccc(O)cc1)c1ccccc1. The van der Waals surface area contributed by atoms with Crippen molar-refractivity contribution >= 4 is 0 Å². The summed E-state index contributed by atoms with van der Waals surface area (Å²) in [5.41, 5.74) is 8.54. The minimum Gasteiger partial charge on any atom is -0.508 e. The molecule has 0 aromatic heterocycles. The lowest BCUT2D eigenvalue weighted by atomic mass is 9.73. The Hall–Kier alpha value is -1.80. The first-order valence-corrected chi connectivity index (χ1v) is 6.74. The molecule has 0 heterocycles. The summed E-state index contributed by atoms with van der Waals surface area (Å²) in [6, 6.07) is 17.9. The van der Waals surface area contributed by atoms with E-state index in [0.717, 1.165) is 12.8 Å². The Bertz CT molecular complexity index is 501. The Balaban J connectivity index is 2.32. The molecule has 3 N–H and O–H groups in total. The topological polar surface area (TPSA) is 46.2 Å². The van der Waals surface area contributed by atoms with E-state index in [2.05, 4.69) is 31.2 Å². The molecule has 19 heavy (non-hydrogen) atoms. The van der Waals surface area contributed by atoms with Crippen LogP contribution in [-0.2, 0) is 11.8 Å². The van der Waals surface area contributed by atoms with E-state index in [1.165, 1.54) is 11.1 Å². The lowest BCUT2D eigenvalue weighted by Crippen LogP contribution is -2.36. The van der Waals surface area contributed by atoms with Crippen molar-refractivity contribution in [2.24, 2.45) is 5.73 Å². The highest BCUT2D eigenvalue weighted by Gasteiger charge is 2.28. The van der Waals surface area contributed by atoms with Gasteiger partial charge in [0.25, 0.3) is 0 Å². The van der Waals surface area contributed by atoms with E-state index >= 15 is 0 Å². The standard InChI is InChI=1S/C17H21NO/c1-2-17(13-18,15-6-4-3-5-7-15)12-14-8-10-16(19)11-9-14/h3-11,19H,2,12-13,18H2,1H3. The summed E-state index contributed by atoms with van der Waals surface area (Å²) in [6.45, 7) is 2.80. The Morgan fingerprint density at radius 3 is 2.16 bits per heavy atom. The normalized spacial score (nSPS) is 14.0. The summed E-state index contributed by atoms with van der Waals surface area (Å²) in [5.74, 6) is 0.304. The summed E-state index contributed by atoms with van der Waals surface area (Å²) in [5, 5.41) is 9.36. The zero-order chi connectivity index (χ0) is 13.7. The Kier molecular flexibility index (Phi) is 4.23. The van der Waals surface area contributed by atoms with Crippen molar-refractivity contribution in [1.82, 2.24) is 0 Å². The molecule has 0 saturated heterocycles. The molecule has 2 aromatic carbocycles. The highest BCUT2D eigenvalue weighted by molar-refractivity contribution is 5.32. The van der Waals surface area contributed by atoms with E-state index in [0.29, 0.717) is 12.3 Å². The molecule has 2 aromatic rings. The van der Waals surface area contributed by atoms with Crippen LogP contribution >= 0.6 is 0 Å². The van der Waals surface area contributed by atoms with Crippen molar-refractivity contribution in [2.45, 2.75) is 25.2 Å². The van der Waals surface area contributed by atoms with Crippen LogP contribution in [0.5, 0.6) is 5.75 Å². The monoisotopic (exact) mass is 255 g/mol. The number of phenols is 1. The van der Waals surface area contributed by atoms with E-state index in [-0.39, 0.29) is 5.41 Å². The van der Waals surface area contributed by atoms with Crippen LogP contribution in [0.2, 0.25) is 0 Å². The van der Waals surface area contributed by atoms with Crippen molar-refractivity contribution in [3.05, 3.63) is 65.7 Å². The minimum absolute atomic E-state index is 0.0295. The molecule has 0 aliphatic rings. The maximum atomic E-state index is 9.36. The second-order valence-corrected chi connectivity index (χ2v) is 5.05. The molecule has 0 spiro atoms. The lowest BCUT2D eigenvalue weighted by molar-refractivity contribution is 0.418. The van der Waals surface area contributed by atoms with Gasteiger partial charge in [-0.1, -0.05) is 49.4 Å². The molecule has 1 atom stereocenters. The molecule has 0 aliphatic heterocycles. The van der Waals surface area contributed by atoms with Crippen LogP contribution in [0.15, 0.2) is 54.6 Å². The van der Waals surface area contributed by atoms with E-state index in [1.54, 1.807) is 12.1 Å². The molecule has 0 amide bonds. The number of rotatable bonds is 5. The van der Waals surface area contributed by atoms with Gasteiger partial charge in [0.1, 0.15) is 5.75 Å². The van der Waals surface area contributed by atoms with Crippen LogP contribution in [0.3, 0.4) is 0 Å². The van der Waals surface area contributed by atoms with E-state index in [9.17, 15) is 5.11 Å². The second-order valence-electron chi connectivity index (χ2n) is 5.05. The molecular weight excluding hydrogens is 234 g/mol. The summed E-state index contributed by atoms with van der Waals surface area (Å²) < 4.78 is 0. The molecule has 2 nitrogen and oxygen atoms in total. The first-order valence-electron chi connectivity index (χ1n) is 6.74. The van der Waals surface area contributed by atoms with Crippen LogP contribution in [0.1, 0.15) is 24.5 Å². The zero-order valence-electron chi connectivity index (χ0n) is 11.3. The predicted molar refractivity (Wildman–Crippen MR) is 79.3 cm³/mol. The molecule has 0 radical (unpaired) electrons. The Morgan fingerprint density at radius 2 is 1.63 bits per heavy atom. The predicted octanol–water partition coefficient (Wildman–Crippen LogP) is 3.24. The summed E-state index contributed by atoms with van der Waals surface area (Å²) in [6.07, 6.45) is 1.89. The molecular formula is C17H21NO. The van der Waals surface area contributed by atoms with Crippen molar-refractivity contribution in [3.63, 3.8) is 0 Å². The molecule has 2 heteroatoms. The Labute approximate surface area is 114 Å². The zero-order valence-corrected chi connectivity index (χ0v) is 11.3. The first-order chi connectivity index (χ1) is 9.20. The van der Waals surface area contributed by atoms with Gasteiger partial charge in [-0.3, -0.25) is 0 Å². The smallest absolute Gasteiger partial charge is 0.115 e.